The number of carbonyl (C=O) groups excluding carboxylic acids is 1. The summed E-state index contributed by atoms with van der Waals surface area (Å²) < 4.78 is 12.6. The van der Waals surface area contributed by atoms with Gasteiger partial charge in [0.15, 0.2) is 5.69 Å². The zero-order valence-corrected chi connectivity index (χ0v) is 14.3. The Kier molecular flexibility index (Phi) is 4.42. The van der Waals surface area contributed by atoms with Gasteiger partial charge >= 0.3 is 0 Å². The van der Waals surface area contributed by atoms with Gasteiger partial charge in [-0.1, -0.05) is 0 Å². The van der Waals surface area contributed by atoms with Crippen molar-refractivity contribution in [2.24, 2.45) is 7.05 Å². The average molecular weight is 342 g/mol. The molecule has 2 aliphatic heterocycles. The van der Waals surface area contributed by atoms with Gasteiger partial charge in [-0.25, -0.2) is 0 Å². The second kappa shape index (κ2) is 6.85. The molecule has 132 valence electrons. The fraction of sp³-hybridized carbons (Fsp3) is 0.444. The van der Waals surface area contributed by atoms with Gasteiger partial charge in [0.1, 0.15) is 0 Å². The highest BCUT2D eigenvalue weighted by Crippen LogP contribution is 2.23. The molecule has 1 aromatic carbocycles. The molecule has 1 amide bonds. The van der Waals surface area contributed by atoms with Crippen molar-refractivity contribution in [1.29, 1.82) is 0 Å². The van der Waals surface area contributed by atoms with Crippen LogP contribution >= 0.6 is 0 Å². The van der Waals surface area contributed by atoms with Crippen LogP contribution in [0.3, 0.4) is 0 Å². The highest BCUT2D eigenvalue weighted by Gasteiger charge is 2.24. The molecule has 7 nitrogen and oxygen atoms in total. The zero-order valence-electron chi connectivity index (χ0n) is 14.3. The lowest BCUT2D eigenvalue weighted by molar-refractivity contribution is 0.0984. The summed E-state index contributed by atoms with van der Waals surface area (Å²) in [5, 5.41) is 7.32. The Bertz CT molecular complexity index is 763. The van der Waals surface area contributed by atoms with Crippen molar-refractivity contribution < 1.29 is 14.3 Å². The minimum absolute atomic E-state index is 0.193. The summed E-state index contributed by atoms with van der Waals surface area (Å²) in [7, 11) is 1.87. The van der Waals surface area contributed by atoms with Crippen LogP contribution in [0.15, 0.2) is 24.3 Å². The van der Waals surface area contributed by atoms with E-state index >= 15 is 0 Å². The van der Waals surface area contributed by atoms with Crippen LogP contribution in [0.1, 0.15) is 21.7 Å². The fourth-order valence-electron chi connectivity index (χ4n) is 3.36. The highest BCUT2D eigenvalue weighted by molar-refractivity contribution is 6.04. The fourth-order valence-corrected chi connectivity index (χ4v) is 3.36. The molecule has 0 spiro atoms. The third-order valence-corrected chi connectivity index (χ3v) is 4.72. The second-order valence-corrected chi connectivity index (χ2v) is 6.30. The lowest BCUT2D eigenvalue weighted by Gasteiger charge is -2.28. The summed E-state index contributed by atoms with van der Waals surface area (Å²) in [5.41, 5.74) is 4.34. The number of hydrogen-bond acceptors (Lipinski definition) is 5. The highest BCUT2D eigenvalue weighted by atomic mass is 16.5. The summed E-state index contributed by atoms with van der Waals surface area (Å²) in [6.07, 6.45) is 0.792. The first-order valence-electron chi connectivity index (χ1n) is 8.59. The van der Waals surface area contributed by atoms with Crippen molar-refractivity contribution in [3.8, 4) is 0 Å². The van der Waals surface area contributed by atoms with Crippen LogP contribution in [0.5, 0.6) is 0 Å². The van der Waals surface area contributed by atoms with Crippen molar-refractivity contribution in [3.63, 3.8) is 0 Å². The Balaban J connectivity index is 1.48. The Morgan fingerprint density at radius 3 is 2.64 bits per heavy atom. The first kappa shape index (κ1) is 16.1. The van der Waals surface area contributed by atoms with Gasteiger partial charge in [0.05, 0.1) is 26.4 Å². The molecular weight excluding hydrogens is 320 g/mol. The van der Waals surface area contributed by atoms with Gasteiger partial charge in [-0.05, 0) is 24.3 Å². The number of aromatic nitrogens is 2. The maximum atomic E-state index is 12.6. The molecule has 0 saturated carbocycles. The maximum absolute atomic E-state index is 12.6. The first-order valence-corrected chi connectivity index (χ1v) is 8.59. The van der Waals surface area contributed by atoms with Crippen molar-refractivity contribution in [3.05, 3.63) is 41.2 Å². The molecule has 0 aliphatic carbocycles. The number of nitrogens with one attached hydrogen (secondary N) is 1. The molecule has 1 N–H and O–H groups in total. The summed E-state index contributed by atoms with van der Waals surface area (Å²) in [6, 6.07) is 7.90. The van der Waals surface area contributed by atoms with E-state index in [1.807, 2.05) is 31.3 Å². The van der Waals surface area contributed by atoms with Crippen molar-refractivity contribution in [1.82, 2.24) is 9.78 Å². The van der Waals surface area contributed by atoms with Crippen LogP contribution in [0, 0.1) is 0 Å². The predicted molar refractivity (Wildman–Crippen MR) is 94.0 cm³/mol. The molecule has 7 heteroatoms. The number of benzene rings is 1. The van der Waals surface area contributed by atoms with E-state index in [0.717, 1.165) is 55.4 Å². The SMILES string of the molecule is Cn1nc(C(=O)Nc2ccc(N3CCOCC3)cc2)c2c1CCOC2. The standard InChI is InChI=1S/C18H22N4O3/c1-21-16-6-9-25-12-15(16)17(20-21)18(23)19-13-2-4-14(5-3-13)22-7-10-24-11-8-22/h2-5H,6-12H2,1H3,(H,19,23). The van der Waals surface area contributed by atoms with Crippen LogP contribution in [-0.4, -0.2) is 48.6 Å². The van der Waals surface area contributed by atoms with Crippen molar-refractivity contribution in [2.45, 2.75) is 13.0 Å². The molecule has 1 aromatic heterocycles. The summed E-state index contributed by atoms with van der Waals surface area (Å²) in [5.74, 6) is -0.193. The summed E-state index contributed by atoms with van der Waals surface area (Å²) in [4.78, 5) is 14.9. The maximum Gasteiger partial charge on any atom is 0.276 e. The van der Waals surface area contributed by atoms with Gasteiger partial charge in [0.25, 0.3) is 5.91 Å². The Morgan fingerprint density at radius 1 is 1.12 bits per heavy atom. The third-order valence-electron chi connectivity index (χ3n) is 4.72. The van der Waals surface area contributed by atoms with Crippen molar-refractivity contribution in [2.75, 3.05) is 43.1 Å². The molecule has 0 radical (unpaired) electrons. The van der Waals surface area contributed by atoms with E-state index in [1.165, 1.54) is 0 Å². The van der Waals surface area contributed by atoms with Gasteiger partial charge in [-0.3, -0.25) is 9.48 Å². The second-order valence-electron chi connectivity index (χ2n) is 6.30. The molecule has 4 rings (SSSR count). The van der Waals surface area contributed by atoms with Gasteiger partial charge in [0, 0.05) is 49.2 Å². The number of amides is 1. The van der Waals surface area contributed by atoms with E-state index < -0.39 is 0 Å². The molecule has 25 heavy (non-hydrogen) atoms. The van der Waals surface area contributed by atoms with Crippen LogP contribution in [0.4, 0.5) is 11.4 Å². The monoisotopic (exact) mass is 342 g/mol. The number of nitrogens with zero attached hydrogens (tertiary/aromatic N) is 3. The van der Waals surface area contributed by atoms with Crippen LogP contribution < -0.4 is 10.2 Å². The molecule has 2 aliphatic rings. The minimum atomic E-state index is -0.193. The molecule has 0 bridgehead atoms. The lowest BCUT2D eigenvalue weighted by Crippen LogP contribution is -2.36. The number of anilines is 2. The molecule has 2 aromatic rings. The van der Waals surface area contributed by atoms with E-state index in [2.05, 4.69) is 15.3 Å². The van der Waals surface area contributed by atoms with E-state index in [1.54, 1.807) is 4.68 Å². The van der Waals surface area contributed by atoms with Gasteiger partial charge in [-0.2, -0.15) is 5.10 Å². The van der Waals surface area contributed by atoms with E-state index in [4.69, 9.17) is 9.47 Å². The largest absolute Gasteiger partial charge is 0.378 e. The molecular formula is C18H22N4O3. The lowest BCUT2D eigenvalue weighted by atomic mass is 10.1. The number of hydrogen-bond donors (Lipinski definition) is 1. The van der Waals surface area contributed by atoms with Crippen LogP contribution in [0.25, 0.3) is 0 Å². The number of morpholine rings is 1. The third kappa shape index (κ3) is 3.25. The van der Waals surface area contributed by atoms with E-state index in [0.29, 0.717) is 18.9 Å². The summed E-state index contributed by atoms with van der Waals surface area (Å²) >= 11 is 0. The Hall–Kier alpha value is -2.38. The molecule has 1 fully saturated rings. The number of carbonyl (C=O) groups is 1. The normalized spacial score (nSPS) is 17.2. The molecule has 0 unspecified atom stereocenters. The topological polar surface area (TPSA) is 68.6 Å². The zero-order chi connectivity index (χ0) is 17.2. The van der Waals surface area contributed by atoms with Gasteiger partial charge < -0.3 is 19.7 Å². The van der Waals surface area contributed by atoms with Gasteiger partial charge in [-0.15, -0.1) is 0 Å². The average Bonchev–Trinajstić information content (AvgIpc) is 3.00. The Morgan fingerprint density at radius 2 is 1.88 bits per heavy atom. The summed E-state index contributed by atoms with van der Waals surface area (Å²) in [6.45, 7) is 4.42. The number of aryl methyl sites for hydroxylation is 1. The quantitative estimate of drug-likeness (QED) is 0.917. The predicted octanol–water partition coefficient (Wildman–Crippen LogP) is 1.58. The van der Waals surface area contributed by atoms with Crippen LogP contribution in [-0.2, 0) is 29.5 Å². The smallest absolute Gasteiger partial charge is 0.276 e. The van der Waals surface area contributed by atoms with E-state index in [-0.39, 0.29) is 5.91 Å². The Labute approximate surface area is 146 Å². The van der Waals surface area contributed by atoms with E-state index in [9.17, 15) is 4.79 Å². The number of ether oxygens (including phenoxy) is 2. The molecule has 3 heterocycles. The first-order chi connectivity index (χ1) is 12.2. The molecule has 1 saturated heterocycles. The van der Waals surface area contributed by atoms with Gasteiger partial charge in [0.2, 0.25) is 0 Å². The van der Waals surface area contributed by atoms with Crippen LogP contribution in [0.2, 0.25) is 0 Å². The number of rotatable bonds is 3. The van der Waals surface area contributed by atoms with Crippen molar-refractivity contribution >= 4 is 17.3 Å². The minimum Gasteiger partial charge on any atom is -0.378 e. The number of fused-ring (bicyclic) bond motifs is 1. The molecule has 0 atom stereocenters.